The highest BCUT2D eigenvalue weighted by Crippen LogP contribution is 2.45. The summed E-state index contributed by atoms with van der Waals surface area (Å²) in [5.74, 6) is -2.12. The van der Waals surface area contributed by atoms with Crippen molar-refractivity contribution in [3.63, 3.8) is 0 Å². The number of hydrogen-bond acceptors (Lipinski definition) is 7. The van der Waals surface area contributed by atoms with Gasteiger partial charge in [-0.2, -0.15) is 9.78 Å². The van der Waals surface area contributed by atoms with E-state index >= 15 is 0 Å². The van der Waals surface area contributed by atoms with Crippen LogP contribution in [0, 0.1) is 16.7 Å². The van der Waals surface area contributed by atoms with Crippen molar-refractivity contribution in [2.24, 2.45) is 16.7 Å². The van der Waals surface area contributed by atoms with Gasteiger partial charge in [0.25, 0.3) is 5.56 Å². The predicted molar refractivity (Wildman–Crippen MR) is 125 cm³/mol. The van der Waals surface area contributed by atoms with Gasteiger partial charge < -0.3 is 9.47 Å². The van der Waals surface area contributed by atoms with Crippen LogP contribution in [0.1, 0.15) is 68.9 Å². The zero-order valence-electron chi connectivity index (χ0n) is 20.4. The molecule has 0 atom stereocenters. The van der Waals surface area contributed by atoms with Gasteiger partial charge in [0.15, 0.2) is 28.8 Å². The van der Waals surface area contributed by atoms with Crippen LogP contribution >= 0.6 is 0 Å². The lowest BCUT2D eigenvalue weighted by atomic mass is 9.58. The molecule has 180 valence electrons. The molecule has 0 radical (unpaired) electrons. The number of hydrogen-bond donors (Lipinski definition) is 0. The van der Waals surface area contributed by atoms with E-state index in [9.17, 15) is 19.2 Å². The Bertz CT molecular complexity index is 1230. The van der Waals surface area contributed by atoms with E-state index in [0.29, 0.717) is 29.3 Å². The summed E-state index contributed by atoms with van der Waals surface area (Å²) in [5, 5.41) is 4.50. The number of ether oxygens (including phenoxy) is 2. The normalized spacial score (nSPS) is 19.7. The lowest BCUT2D eigenvalue weighted by molar-refractivity contribution is -0.148. The first-order chi connectivity index (χ1) is 15.9. The van der Waals surface area contributed by atoms with Crippen molar-refractivity contribution in [2.75, 3.05) is 14.2 Å². The maximum absolute atomic E-state index is 13.7. The fraction of sp³-hybridized carbons (Fsp3) is 0.500. The van der Waals surface area contributed by atoms with Gasteiger partial charge in [0.05, 0.1) is 31.2 Å². The average Bonchev–Trinajstić information content (AvgIpc) is 3.62. The Labute approximate surface area is 198 Å². The van der Waals surface area contributed by atoms with E-state index in [1.165, 1.54) is 20.3 Å². The Morgan fingerprint density at radius 3 is 2.06 bits per heavy atom. The zero-order chi connectivity index (χ0) is 25.0. The summed E-state index contributed by atoms with van der Waals surface area (Å²) < 4.78 is 11.8. The Morgan fingerprint density at radius 1 is 0.941 bits per heavy atom. The van der Waals surface area contributed by atoms with Gasteiger partial charge in [-0.1, -0.05) is 27.7 Å². The van der Waals surface area contributed by atoms with E-state index in [-0.39, 0.29) is 11.5 Å². The van der Waals surface area contributed by atoms with Crippen molar-refractivity contribution in [1.29, 1.82) is 0 Å². The Hall–Kier alpha value is -3.29. The largest absolute Gasteiger partial charge is 0.493 e. The van der Waals surface area contributed by atoms with Crippen LogP contribution in [0.5, 0.6) is 11.5 Å². The molecule has 0 aliphatic heterocycles. The molecule has 2 aliphatic carbocycles. The van der Waals surface area contributed by atoms with E-state index in [0.717, 1.165) is 17.5 Å². The summed E-state index contributed by atoms with van der Waals surface area (Å²) >= 11 is 0. The minimum atomic E-state index is -1.50. The number of Topliss-reactive ketones (excluding diaryl/α,β-unsaturated/α-hetero) is 3. The number of rotatable bonds is 6. The number of benzene rings is 1. The molecule has 1 aromatic carbocycles. The molecule has 2 aromatic rings. The predicted octanol–water partition coefficient (Wildman–Crippen LogP) is 3.52. The number of ketones is 3. The average molecular weight is 467 g/mol. The van der Waals surface area contributed by atoms with Gasteiger partial charge in [0.1, 0.15) is 5.92 Å². The first-order valence-electron chi connectivity index (χ1n) is 11.4. The molecule has 2 fully saturated rings. The third-order valence-electron chi connectivity index (χ3n) is 6.81. The summed E-state index contributed by atoms with van der Waals surface area (Å²) in [4.78, 5) is 53.6. The van der Waals surface area contributed by atoms with Crippen LogP contribution in [-0.2, 0) is 9.59 Å². The summed E-state index contributed by atoms with van der Waals surface area (Å²) in [5.41, 5.74) is -1.60. The monoisotopic (exact) mass is 466 g/mol. The van der Waals surface area contributed by atoms with Crippen LogP contribution in [0.3, 0.4) is 0 Å². The lowest BCUT2D eigenvalue weighted by Crippen LogP contribution is -2.53. The number of aromatic nitrogens is 2. The molecule has 8 heteroatoms. The molecule has 4 rings (SSSR count). The molecule has 2 saturated carbocycles. The first kappa shape index (κ1) is 23.9. The van der Waals surface area contributed by atoms with Crippen LogP contribution in [0.2, 0.25) is 0 Å². The van der Waals surface area contributed by atoms with E-state index < -0.39 is 39.7 Å². The standard InChI is InChI=1S/C26H30N2O6/c1-25(2)13-26(3,4)23(31)20(22(25)30)21(29)16-12-17(14-7-8-14)27-28(24(16)32)15-9-10-18(33-5)19(11-15)34-6/h9-12,14,20H,7-8,13H2,1-6H3. The number of nitrogens with zero attached hydrogens (tertiary/aromatic N) is 2. The summed E-state index contributed by atoms with van der Waals surface area (Å²) in [6.07, 6.45) is 2.14. The lowest BCUT2D eigenvalue weighted by Gasteiger charge is -2.41. The molecule has 0 amide bonds. The van der Waals surface area contributed by atoms with Crippen LogP contribution in [0.15, 0.2) is 29.1 Å². The van der Waals surface area contributed by atoms with Gasteiger partial charge in [-0.3, -0.25) is 19.2 Å². The van der Waals surface area contributed by atoms with Crippen molar-refractivity contribution in [2.45, 2.75) is 52.9 Å². The molecular weight excluding hydrogens is 436 g/mol. The molecule has 0 unspecified atom stereocenters. The first-order valence-corrected chi connectivity index (χ1v) is 11.4. The minimum Gasteiger partial charge on any atom is -0.493 e. The van der Waals surface area contributed by atoms with Gasteiger partial charge in [0, 0.05) is 22.8 Å². The second-order valence-electron chi connectivity index (χ2n) is 10.5. The highest BCUT2D eigenvalue weighted by atomic mass is 16.5. The highest BCUT2D eigenvalue weighted by molar-refractivity contribution is 6.27. The summed E-state index contributed by atoms with van der Waals surface area (Å²) in [6.45, 7) is 6.98. The number of methoxy groups -OCH3 is 2. The number of carbonyl (C=O) groups is 3. The van der Waals surface area contributed by atoms with Gasteiger partial charge in [-0.05, 0) is 37.5 Å². The minimum absolute atomic E-state index is 0.129. The van der Waals surface area contributed by atoms with Crippen LogP contribution in [-0.4, -0.2) is 41.3 Å². The van der Waals surface area contributed by atoms with Gasteiger partial charge in [-0.15, -0.1) is 0 Å². The third-order valence-corrected chi connectivity index (χ3v) is 6.81. The molecule has 0 bridgehead atoms. The molecule has 1 heterocycles. The van der Waals surface area contributed by atoms with Crippen molar-refractivity contribution in [3.8, 4) is 17.2 Å². The quantitative estimate of drug-likeness (QED) is 0.474. The van der Waals surface area contributed by atoms with E-state index in [2.05, 4.69) is 5.10 Å². The summed E-state index contributed by atoms with van der Waals surface area (Å²) in [6, 6.07) is 6.35. The second-order valence-corrected chi connectivity index (χ2v) is 10.5. The highest BCUT2D eigenvalue weighted by Gasteiger charge is 2.54. The Morgan fingerprint density at radius 2 is 1.53 bits per heavy atom. The van der Waals surface area contributed by atoms with Crippen molar-refractivity contribution in [1.82, 2.24) is 9.78 Å². The fourth-order valence-corrected chi connectivity index (χ4v) is 4.97. The maximum Gasteiger partial charge on any atom is 0.282 e. The van der Waals surface area contributed by atoms with E-state index in [4.69, 9.17) is 9.47 Å². The van der Waals surface area contributed by atoms with Crippen molar-refractivity contribution >= 4 is 17.3 Å². The van der Waals surface area contributed by atoms with Crippen LogP contribution in [0.25, 0.3) is 5.69 Å². The Balaban J connectivity index is 1.87. The number of carbonyl (C=O) groups excluding carboxylic acids is 3. The topological polar surface area (TPSA) is 105 Å². The molecule has 2 aliphatic rings. The molecule has 1 aromatic heterocycles. The van der Waals surface area contributed by atoms with Crippen molar-refractivity contribution < 1.29 is 23.9 Å². The van der Waals surface area contributed by atoms with Gasteiger partial charge in [-0.25, -0.2) is 0 Å². The molecule has 0 spiro atoms. The second kappa shape index (κ2) is 8.18. The van der Waals surface area contributed by atoms with Gasteiger partial charge >= 0.3 is 0 Å². The van der Waals surface area contributed by atoms with E-state index in [1.807, 2.05) is 0 Å². The Kier molecular flexibility index (Phi) is 5.74. The molecule has 0 saturated heterocycles. The summed E-state index contributed by atoms with van der Waals surface area (Å²) in [7, 11) is 2.99. The van der Waals surface area contributed by atoms with E-state index in [1.54, 1.807) is 45.9 Å². The fourth-order valence-electron chi connectivity index (χ4n) is 4.97. The molecular formula is C26H30N2O6. The zero-order valence-corrected chi connectivity index (χ0v) is 20.4. The third kappa shape index (κ3) is 3.95. The van der Waals surface area contributed by atoms with Gasteiger partial charge in [0.2, 0.25) is 0 Å². The smallest absolute Gasteiger partial charge is 0.282 e. The van der Waals surface area contributed by atoms with Crippen LogP contribution in [0.4, 0.5) is 0 Å². The molecule has 0 N–H and O–H groups in total. The maximum atomic E-state index is 13.7. The van der Waals surface area contributed by atoms with Crippen LogP contribution < -0.4 is 15.0 Å². The van der Waals surface area contributed by atoms with Crippen molar-refractivity contribution in [3.05, 3.63) is 45.9 Å². The SMILES string of the molecule is COc1ccc(-n2nc(C3CC3)cc(C(=O)C3C(=O)C(C)(C)CC(C)(C)C3=O)c2=O)cc1OC. The molecule has 34 heavy (non-hydrogen) atoms. The molecule has 8 nitrogen and oxygen atoms in total.